The van der Waals surface area contributed by atoms with E-state index in [0.29, 0.717) is 12.0 Å². The zero-order valence-electron chi connectivity index (χ0n) is 10.9. The molecule has 3 nitrogen and oxygen atoms in total. The van der Waals surface area contributed by atoms with Crippen LogP contribution in [-0.2, 0) is 0 Å². The van der Waals surface area contributed by atoms with Gasteiger partial charge in [0, 0.05) is 28.3 Å². The van der Waals surface area contributed by atoms with Gasteiger partial charge in [0.15, 0.2) is 0 Å². The molecule has 98 valence electrons. The van der Waals surface area contributed by atoms with E-state index in [2.05, 4.69) is 46.8 Å². The lowest BCUT2D eigenvalue weighted by Gasteiger charge is -2.30. The molecule has 1 saturated heterocycles. The zero-order valence-corrected chi connectivity index (χ0v) is 12.5. The Hall–Kier alpha value is -1.03. The van der Waals surface area contributed by atoms with Gasteiger partial charge >= 0.3 is 0 Å². The van der Waals surface area contributed by atoms with Crippen LogP contribution >= 0.6 is 15.9 Å². The van der Waals surface area contributed by atoms with E-state index in [1.165, 1.54) is 18.5 Å². The van der Waals surface area contributed by atoms with Gasteiger partial charge < -0.3 is 10.6 Å². The van der Waals surface area contributed by atoms with E-state index in [4.69, 9.17) is 11.1 Å². The van der Waals surface area contributed by atoms with E-state index in [-0.39, 0.29) is 5.84 Å². The Morgan fingerprint density at radius 1 is 1.50 bits per heavy atom. The van der Waals surface area contributed by atoms with Crippen molar-refractivity contribution in [2.24, 2.45) is 11.7 Å². The van der Waals surface area contributed by atoms with Gasteiger partial charge in [-0.1, -0.05) is 13.8 Å². The summed E-state index contributed by atoms with van der Waals surface area (Å²) in [5, 5.41) is 7.50. The molecule has 1 aromatic rings. The highest BCUT2D eigenvalue weighted by Gasteiger charge is 2.27. The van der Waals surface area contributed by atoms with Crippen LogP contribution in [0.2, 0.25) is 0 Å². The smallest absolute Gasteiger partial charge is 0.123 e. The van der Waals surface area contributed by atoms with Crippen molar-refractivity contribution in [1.29, 1.82) is 5.41 Å². The van der Waals surface area contributed by atoms with Crippen LogP contribution in [0.5, 0.6) is 0 Å². The third-order valence-electron chi connectivity index (χ3n) is 3.64. The second-order valence-electron chi connectivity index (χ2n) is 5.22. The van der Waals surface area contributed by atoms with Crippen molar-refractivity contribution in [2.45, 2.75) is 32.7 Å². The second kappa shape index (κ2) is 5.31. The third-order valence-corrected chi connectivity index (χ3v) is 4.30. The van der Waals surface area contributed by atoms with Crippen LogP contribution in [0.3, 0.4) is 0 Å². The molecule has 0 aliphatic carbocycles. The predicted molar refractivity (Wildman–Crippen MR) is 80.4 cm³/mol. The first-order chi connectivity index (χ1) is 8.50. The molecule has 1 aliphatic rings. The summed E-state index contributed by atoms with van der Waals surface area (Å²) in [4.78, 5) is 2.47. The molecular formula is C14H20BrN3. The Kier molecular flexibility index (Phi) is 3.95. The van der Waals surface area contributed by atoms with Crippen LogP contribution in [0, 0.1) is 11.3 Å². The zero-order chi connectivity index (χ0) is 13.3. The molecule has 2 rings (SSSR count). The lowest BCUT2D eigenvalue weighted by atomic mass is 10.0. The quantitative estimate of drug-likeness (QED) is 0.664. The highest BCUT2D eigenvalue weighted by molar-refractivity contribution is 9.10. The molecule has 0 bridgehead atoms. The van der Waals surface area contributed by atoms with Gasteiger partial charge in [0.25, 0.3) is 0 Å². The number of amidine groups is 1. The first-order valence-corrected chi connectivity index (χ1v) is 7.20. The van der Waals surface area contributed by atoms with Crippen LogP contribution in [-0.4, -0.2) is 18.4 Å². The molecule has 1 aromatic carbocycles. The minimum atomic E-state index is 0.107. The summed E-state index contributed by atoms with van der Waals surface area (Å²) >= 11 is 3.50. The van der Waals surface area contributed by atoms with Crippen LogP contribution < -0.4 is 10.6 Å². The molecule has 1 unspecified atom stereocenters. The number of nitrogens with zero attached hydrogens (tertiary/aromatic N) is 1. The number of rotatable bonds is 3. The van der Waals surface area contributed by atoms with E-state index in [1.807, 2.05) is 6.07 Å². The minimum absolute atomic E-state index is 0.107. The molecule has 1 atom stereocenters. The largest absolute Gasteiger partial charge is 0.384 e. The van der Waals surface area contributed by atoms with Crippen molar-refractivity contribution in [2.75, 3.05) is 11.4 Å². The summed E-state index contributed by atoms with van der Waals surface area (Å²) < 4.78 is 0.905. The molecule has 3 N–H and O–H groups in total. The molecule has 4 heteroatoms. The molecule has 0 saturated carbocycles. The molecule has 0 radical (unpaired) electrons. The van der Waals surface area contributed by atoms with E-state index in [0.717, 1.165) is 16.6 Å². The molecule has 1 heterocycles. The molecule has 0 aromatic heterocycles. The number of benzene rings is 1. The third kappa shape index (κ3) is 2.53. The Morgan fingerprint density at radius 2 is 2.22 bits per heavy atom. The molecule has 1 fully saturated rings. The van der Waals surface area contributed by atoms with E-state index in [9.17, 15) is 0 Å². The average molecular weight is 310 g/mol. The van der Waals surface area contributed by atoms with Crippen LogP contribution in [0.4, 0.5) is 5.69 Å². The summed E-state index contributed by atoms with van der Waals surface area (Å²) in [6.45, 7) is 5.68. The maximum atomic E-state index is 7.50. The summed E-state index contributed by atoms with van der Waals surface area (Å²) in [6.07, 6.45) is 2.53. The van der Waals surface area contributed by atoms with Crippen molar-refractivity contribution in [1.82, 2.24) is 0 Å². The first kappa shape index (κ1) is 13.4. The van der Waals surface area contributed by atoms with Crippen LogP contribution in [0.15, 0.2) is 22.7 Å². The molecule has 18 heavy (non-hydrogen) atoms. The summed E-state index contributed by atoms with van der Waals surface area (Å²) in [7, 11) is 0. The summed E-state index contributed by atoms with van der Waals surface area (Å²) in [6, 6.07) is 6.71. The highest BCUT2D eigenvalue weighted by Crippen LogP contribution is 2.32. The predicted octanol–water partition coefficient (Wildman–Crippen LogP) is 3.36. The standard InChI is InChI=1S/C14H20BrN3/c1-9(2)13-4-3-7-18(13)10-5-6-11(14(16)17)12(15)8-10/h5-6,8-9,13H,3-4,7H2,1-2H3,(H3,16,17). The maximum Gasteiger partial charge on any atom is 0.123 e. The Bertz CT molecular complexity index is 456. The fraction of sp³-hybridized carbons (Fsp3) is 0.500. The lowest BCUT2D eigenvalue weighted by Crippen LogP contribution is -2.33. The molecule has 0 spiro atoms. The van der Waals surface area contributed by atoms with Crippen molar-refractivity contribution in [3.05, 3.63) is 28.2 Å². The molecule has 1 aliphatic heterocycles. The van der Waals surface area contributed by atoms with Gasteiger partial charge in [-0.2, -0.15) is 0 Å². The molecular weight excluding hydrogens is 290 g/mol. The number of nitrogens with two attached hydrogens (primary N) is 1. The average Bonchev–Trinajstić information content (AvgIpc) is 2.77. The summed E-state index contributed by atoms with van der Waals surface area (Å²) in [5.41, 5.74) is 7.52. The highest BCUT2D eigenvalue weighted by atomic mass is 79.9. The van der Waals surface area contributed by atoms with Crippen molar-refractivity contribution < 1.29 is 0 Å². The van der Waals surface area contributed by atoms with E-state index in [1.54, 1.807) is 0 Å². The van der Waals surface area contributed by atoms with Crippen molar-refractivity contribution >= 4 is 27.5 Å². The van der Waals surface area contributed by atoms with Gasteiger partial charge in [-0.3, -0.25) is 5.41 Å². The normalized spacial score (nSPS) is 19.6. The van der Waals surface area contributed by atoms with Crippen LogP contribution in [0.25, 0.3) is 0 Å². The Morgan fingerprint density at radius 3 is 2.78 bits per heavy atom. The van der Waals surface area contributed by atoms with Crippen molar-refractivity contribution in [3.63, 3.8) is 0 Å². The number of halogens is 1. The second-order valence-corrected chi connectivity index (χ2v) is 6.08. The minimum Gasteiger partial charge on any atom is -0.384 e. The van der Waals surface area contributed by atoms with Crippen molar-refractivity contribution in [3.8, 4) is 0 Å². The van der Waals surface area contributed by atoms with E-state index < -0.39 is 0 Å². The van der Waals surface area contributed by atoms with Crippen LogP contribution in [0.1, 0.15) is 32.3 Å². The maximum absolute atomic E-state index is 7.50. The number of hydrogen-bond acceptors (Lipinski definition) is 2. The van der Waals surface area contributed by atoms with Gasteiger partial charge in [0.05, 0.1) is 0 Å². The Labute approximate surface area is 117 Å². The lowest BCUT2D eigenvalue weighted by molar-refractivity contribution is 0.492. The van der Waals surface area contributed by atoms with Gasteiger partial charge in [-0.15, -0.1) is 0 Å². The van der Waals surface area contributed by atoms with Gasteiger partial charge in [-0.05, 0) is 52.9 Å². The fourth-order valence-corrected chi connectivity index (χ4v) is 3.29. The number of anilines is 1. The van der Waals surface area contributed by atoms with Gasteiger partial charge in [0.1, 0.15) is 5.84 Å². The van der Waals surface area contributed by atoms with Gasteiger partial charge in [0.2, 0.25) is 0 Å². The summed E-state index contributed by atoms with van der Waals surface area (Å²) in [5.74, 6) is 0.772. The topological polar surface area (TPSA) is 53.1 Å². The first-order valence-electron chi connectivity index (χ1n) is 6.41. The monoisotopic (exact) mass is 309 g/mol. The number of nitrogen functional groups attached to an aromatic ring is 1. The van der Waals surface area contributed by atoms with E-state index >= 15 is 0 Å². The SMILES string of the molecule is CC(C)C1CCCN1c1ccc(C(=N)N)c(Br)c1. The molecule has 0 amide bonds. The number of hydrogen-bond donors (Lipinski definition) is 2. The fourth-order valence-electron chi connectivity index (χ4n) is 2.71. The Balaban J connectivity index is 2.29. The van der Waals surface area contributed by atoms with Gasteiger partial charge in [-0.25, -0.2) is 0 Å². The number of nitrogens with one attached hydrogen (secondary N) is 1.